The molecule has 0 fully saturated rings. The lowest BCUT2D eigenvalue weighted by Gasteiger charge is -1.95. The third-order valence-corrected chi connectivity index (χ3v) is 3.25. The van der Waals surface area contributed by atoms with Crippen molar-refractivity contribution in [1.29, 1.82) is 0 Å². The van der Waals surface area contributed by atoms with Crippen molar-refractivity contribution in [2.75, 3.05) is 6.61 Å². The van der Waals surface area contributed by atoms with Gasteiger partial charge in [-0.05, 0) is 29.8 Å². The van der Waals surface area contributed by atoms with E-state index in [1.807, 2.05) is 18.2 Å². The maximum atomic E-state index is 8.80. The zero-order valence-corrected chi connectivity index (χ0v) is 9.42. The third-order valence-electron chi connectivity index (χ3n) is 1.90. The van der Waals surface area contributed by atoms with Crippen LogP contribution in [0.1, 0.15) is 4.88 Å². The van der Waals surface area contributed by atoms with Gasteiger partial charge in [-0.25, -0.2) is 9.97 Å². The lowest BCUT2D eigenvalue weighted by molar-refractivity contribution is 0.300. The van der Waals surface area contributed by atoms with E-state index in [0.29, 0.717) is 6.42 Å². The average molecular weight is 241 g/mol. The molecule has 0 amide bonds. The Morgan fingerprint density at radius 2 is 2.20 bits per heavy atom. The fraction of sp³-hybridized carbons (Fsp3) is 0.200. The second-order valence-corrected chi connectivity index (χ2v) is 4.46. The Labute approximate surface area is 96.4 Å². The van der Waals surface area contributed by atoms with Gasteiger partial charge in [0.15, 0.2) is 0 Å². The summed E-state index contributed by atoms with van der Waals surface area (Å²) in [6, 6.07) is 5.79. The van der Waals surface area contributed by atoms with Gasteiger partial charge in [-0.1, -0.05) is 0 Å². The Bertz CT molecular complexity index is 458. The van der Waals surface area contributed by atoms with Crippen molar-refractivity contribution in [2.45, 2.75) is 6.42 Å². The van der Waals surface area contributed by atoms with Gasteiger partial charge >= 0.3 is 0 Å². The highest BCUT2D eigenvalue weighted by molar-refractivity contribution is 7.15. The Kier molecular flexibility index (Phi) is 3.30. The van der Waals surface area contributed by atoms with E-state index in [9.17, 15) is 0 Å². The molecule has 2 aromatic rings. The molecule has 3 nitrogen and oxygen atoms in total. The standard InChI is InChI=1S/C10H9ClN2OS/c11-10-12-5-3-8(13-10)9-2-1-7(15-9)4-6-14/h1-3,5,14H,4,6H2. The average Bonchev–Trinajstić information content (AvgIpc) is 2.67. The van der Waals surface area contributed by atoms with E-state index >= 15 is 0 Å². The SMILES string of the molecule is OCCc1ccc(-c2ccnc(Cl)n2)s1. The highest BCUT2D eigenvalue weighted by Crippen LogP contribution is 2.27. The first-order valence-corrected chi connectivity index (χ1v) is 5.67. The number of aliphatic hydroxyl groups excluding tert-OH is 1. The number of nitrogens with zero attached hydrogens (tertiary/aromatic N) is 2. The van der Waals surface area contributed by atoms with Gasteiger partial charge in [0.1, 0.15) is 0 Å². The summed E-state index contributed by atoms with van der Waals surface area (Å²) in [6.07, 6.45) is 2.32. The highest BCUT2D eigenvalue weighted by atomic mass is 35.5. The molecule has 5 heteroatoms. The summed E-state index contributed by atoms with van der Waals surface area (Å²) in [4.78, 5) is 10.1. The summed E-state index contributed by atoms with van der Waals surface area (Å²) < 4.78 is 0. The van der Waals surface area contributed by atoms with Crippen LogP contribution >= 0.6 is 22.9 Å². The van der Waals surface area contributed by atoms with E-state index < -0.39 is 0 Å². The Morgan fingerprint density at radius 3 is 2.93 bits per heavy atom. The summed E-state index contributed by atoms with van der Waals surface area (Å²) in [6.45, 7) is 0.171. The first-order chi connectivity index (χ1) is 7.29. The fourth-order valence-corrected chi connectivity index (χ4v) is 2.35. The molecule has 1 N–H and O–H groups in total. The molecule has 0 saturated carbocycles. The van der Waals surface area contributed by atoms with Gasteiger partial charge in [-0.2, -0.15) is 0 Å². The van der Waals surface area contributed by atoms with Crippen LogP contribution in [0.3, 0.4) is 0 Å². The maximum absolute atomic E-state index is 8.80. The Hall–Kier alpha value is -0.970. The van der Waals surface area contributed by atoms with Crippen molar-refractivity contribution in [2.24, 2.45) is 0 Å². The van der Waals surface area contributed by atoms with Crippen molar-refractivity contribution < 1.29 is 5.11 Å². The van der Waals surface area contributed by atoms with Gasteiger partial charge in [-0.15, -0.1) is 11.3 Å². The molecule has 0 aliphatic heterocycles. The zero-order valence-electron chi connectivity index (χ0n) is 7.85. The molecule has 15 heavy (non-hydrogen) atoms. The summed E-state index contributed by atoms with van der Waals surface area (Å²) >= 11 is 7.32. The van der Waals surface area contributed by atoms with E-state index in [2.05, 4.69) is 9.97 Å². The topological polar surface area (TPSA) is 46.0 Å². The predicted molar refractivity (Wildman–Crippen MR) is 61.1 cm³/mol. The number of aliphatic hydroxyl groups is 1. The molecule has 2 heterocycles. The predicted octanol–water partition coefficient (Wildman–Crippen LogP) is 2.39. The molecule has 0 radical (unpaired) electrons. The summed E-state index contributed by atoms with van der Waals surface area (Å²) in [5.74, 6) is 0. The van der Waals surface area contributed by atoms with Crippen LogP contribution in [-0.4, -0.2) is 21.7 Å². The van der Waals surface area contributed by atoms with Crippen LogP contribution in [0.4, 0.5) is 0 Å². The van der Waals surface area contributed by atoms with Crippen LogP contribution in [0, 0.1) is 0 Å². The number of thiophene rings is 1. The molecular formula is C10H9ClN2OS. The normalized spacial score (nSPS) is 10.5. The largest absolute Gasteiger partial charge is 0.396 e. The lowest BCUT2D eigenvalue weighted by Crippen LogP contribution is -1.85. The maximum Gasteiger partial charge on any atom is 0.222 e. The number of aromatic nitrogens is 2. The molecule has 2 aromatic heterocycles. The van der Waals surface area contributed by atoms with Gasteiger partial charge in [0.2, 0.25) is 5.28 Å². The van der Waals surface area contributed by atoms with E-state index in [-0.39, 0.29) is 11.9 Å². The summed E-state index contributed by atoms with van der Waals surface area (Å²) in [5, 5.41) is 9.06. The first-order valence-electron chi connectivity index (χ1n) is 4.48. The van der Waals surface area contributed by atoms with Crippen molar-refractivity contribution in [1.82, 2.24) is 9.97 Å². The van der Waals surface area contributed by atoms with Gasteiger partial charge in [0.25, 0.3) is 0 Å². The van der Waals surface area contributed by atoms with E-state index in [1.54, 1.807) is 17.5 Å². The Morgan fingerprint density at radius 1 is 1.33 bits per heavy atom. The van der Waals surface area contributed by atoms with Crippen LogP contribution in [0.2, 0.25) is 5.28 Å². The van der Waals surface area contributed by atoms with E-state index in [4.69, 9.17) is 16.7 Å². The molecule has 0 aliphatic rings. The number of rotatable bonds is 3. The highest BCUT2D eigenvalue weighted by Gasteiger charge is 2.04. The Balaban J connectivity index is 2.29. The smallest absolute Gasteiger partial charge is 0.222 e. The minimum atomic E-state index is 0.171. The van der Waals surface area contributed by atoms with Crippen LogP contribution in [-0.2, 0) is 6.42 Å². The molecule has 0 bridgehead atoms. The fourth-order valence-electron chi connectivity index (χ4n) is 1.23. The van der Waals surface area contributed by atoms with Gasteiger partial charge in [0, 0.05) is 24.1 Å². The van der Waals surface area contributed by atoms with Crippen LogP contribution in [0.25, 0.3) is 10.6 Å². The first kappa shape index (κ1) is 10.5. The van der Waals surface area contributed by atoms with Crippen LogP contribution in [0.5, 0.6) is 0 Å². The van der Waals surface area contributed by atoms with E-state index in [1.165, 1.54) is 0 Å². The summed E-state index contributed by atoms with van der Waals surface area (Å²) in [7, 11) is 0. The molecule has 0 aliphatic carbocycles. The quantitative estimate of drug-likeness (QED) is 0.838. The number of hydrogen-bond acceptors (Lipinski definition) is 4. The summed E-state index contributed by atoms with van der Waals surface area (Å²) in [5.41, 5.74) is 0.823. The molecule has 0 unspecified atom stereocenters. The number of hydrogen-bond donors (Lipinski definition) is 1. The molecule has 2 rings (SSSR count). The molecular weight excluding hydrogens is 232 g/mol. The van der Waals surface area contributed by atoms with Crippen molar-refractivity contribution in [3.63, 3.8) is 0 Å². The van der Waals surface area contributed by atoms with Crippen molar-refractivity contribution in [3.05, 3.63) is 34.6 Å². The van der Waals surface area contributed by atoms with E-state index in [0.717, 1.165) is 15.4 Å². The monoisotopic (exact) mass is 240 g/mol. The minimum Gasteiger partial charge on any atom is -0.396 e. The van der Waals surface area contributed by atoms with Gasteiger partial charge < -0.3 is 5.11 Å². The van der Waals surface area contributed by atoms with Crippen molar-refractivity contribution in [3.8, 4) is 10.6 Å². The van der Waals surface area contributed by atoms with Gasteiger partial charge in [0.05, 0.1) is 10.6 Å². The third kappa shape index (κ3) is 2.53. The molecule has 0 atom stereocenters. The lowest BCUT2D eigenvalue weighted by atomic mass is 10.3. The second kappa shape index (κ2) is 4.70. The zero-order chi connectivity index (χ0) is 10.7. The minimum absolute atomic E-state index is 0.171. The molecule has 0 aromatic carbocycles. The molecule has 0 spiro atoms. The van der Waals surface area contributed by atoms with Crippen molar-refractivity contribution >= 4 is 22.9 Å². The van der Waals surface area contributed by atoms with Crippen LogP contribution in [0.15, 0.2) is 24.4 Å². The van der Waals surface area contributed by atoms with Gasteiger partial charge in [-0.3, -0.25) is 0 Å². The molecule has 0 saturated heterocycles. The number of halogens is 1. The second-order valence-electron chi connectivity index (χ2n) is 2.95. The molecule has 78 valence electrons. The van der Waals surface area contributed by atoms with Crippen LogP contribution < -0.4 is 0 Å².